The highest BCUT2D eigenvalue weighted by molar-refractivity contribution is 7.91. The molecule has 0 radical (unpaired) electrons. The van der Waals surface area contributed by atoms with Crippen LogP contribution in [0, 0.1) is 5.92 Å². The number of hydrogen-bond donors (Lipinski definition) is 3. The summed E-state index contributed by atoms with van der Waals surface area (Å²) < 4.78 is 30.4. The number of sulfone groups is 1. The molecule has 13 heteroatoms. The molecule has 232 valence electrons. The fraction of sp³-hybridized carbons (Fsp3) is 0.750. The molecule has 0 bridgehead atoms. The summed E-state index contributed by atoms with van der Waals surface area (Å²) in [6.45, 7) is 10.2. The van der Waals surface area contributed by atoms with E-state index in [0.29, 0.717) is 19.3 Å². The molecule has 1 saturated carbocycles. The molecule has 4 amide bonds. The zero-order valence-electron chi connectivity index (χ0n) is 24.9. The van der Waals surface area contributed by atoms with Crippen LogP contribution < -0.4 is 16.0 Å². The van der Waals surface area contributed by atoms with E-state index in [2.05, 4.69) is 22.5 Å². The van der Waals surface area contributed by atoms with Crippen molar-refractivity contribution in [3.63, 3.8) is 0 Å². The third-order valence-electron chi connectivity index (χ3n) is 7.35. The fourth-order valence-corrected chi connectivity index (χ4v) is 6.26. The zero-order valence-corrected chi connectivity index (χ0v) is 25.7. The van der Waals surface area contributed by atoms with Gasteiger partial charge in [0.15, 0.2) is 9.84 Å². The highest BCUT2D eigenvalue weighted by atomic mass is 32.2. The van der Waals surface area contributed by atoms with Gasteiger partial charge in [-0.05, 0) is 52.4 Å². The van der Waals surface area contributed by atoms with Crippen LogP contribution in [0.5, 0.6) is 0 Å². The van der Waals surface area contributed by atoms with Gasteiger partial charge >= 0.3 is 6.09 Å². The van der Waals surface area contributed by atoms with Gasteiger partial charge in [-0.25, -0.2) is 13.2 Å². The number of alkyl carbamates (subject to hydrolysis) is 1. The second kappa shape index (κ2) is 14.8. The molecule has 0 aromatic rings. The third-order valence-corrected chi connectivity index (χ3v) is 8.91. The first kappa shape index (κ1) is 34.2. The molecule has 3 N–H and O–H groups in total. The van der Waals surface area contributed by atoms with Crippen LogP contribution in [0.4, 0.5) is 4.79 Å². The molecule has 0 aromatic carbocycles. The summed E-state index contributed by atoms with van der Waals surface area (Å²) in [5.41, 5.74) is -0.805. The quantitative estimate of drug-likeness (QED) is 0.225. The Bertz CT molecular complexity index is 1090. The van der Waals surface area contributed by atoms with Crippen molar-refractivity contribution in [2.75, 3.05) is 19.3 Å². The minimum Gasteiger partial charge on any atom is -0.444 e. The number of likely N-dealkylation sites (tertiary alicyclic amines) is 1. The van der Waals surface area contributed by atoms with Gasteiger partial charge in [-0.1, -0.05) is 38.7 Å². The summed E-state index contributed by atoms with van der Waals surface area (Å²) in [7, 11) is -3.64. The Balaban J connectivity index is 2.36. The number of ether oxygens (including phenoxy) is 1. The molecule has 2 fully saturated rings. The lowest BCUT2D eigenvalue weighted by Gasteiger charge is -2.35. The van der Waals surface area contributed by atoms with Crippen molar-refractivity contribution in [2.45, 2.75) is 108 Å². The standard InChI is InChI=1S/C28H46N4O8S/c1-7-12-20(23(33)25(35)29-15-8-2)30-24(34)21-16-19(41(6,38)39)17-32(21)26(36)22(18-13-10-9-11-14-18)31-27(37)40-28(3,4)5/h8,18-22H,2,7,9-17H2,1,3-6H3,(H,29,35)(H,30,34)(H,31,37)/t19-,20?,21+,22+/m1/s1. The largest absolute Gasteiger partial charge is 0.444 e. The zero-order chi connectivity index (χ0) is 31.0. The van der Waals surface area contributed by atoms with Crippen LogP contribution in [-0.4, -0.2) is 91.2 Å². The lowest BCUT2D eigenvalue weighted by Crippen LogP contribution is -2.58. The SMILES string of the molecule is C=CCNC(=O)C(=O)C(CCC)NC(=O)[C@@H]1C[C@@H](S(C)(=O)=O)CN1C(=O)[C@@H](NC(=O)OC(C)(C)C)C1CCCCC1. The Labute approximate surface area is 243 Å². The second-order valence-corrected chi connectivity index (χ2v) is 14.3. The molecule has 41 heavy (non-hydrogen) atoms. The number of ketones is 1. The second-order valence-electron chi connectivity index (χ2n) is 11.9. The molecule has 1 unspecified atom stereocenters. The smallest absolute Gasteiger partial charge is 0.408 e. The molecular weight excluding hydrogens is 552 g/mol. The maximum Gasteiger partial charge on any atom is 0.408 e. The predicted molar refractivity (Wildman–Crippen MR) is 154 cm³/mol. The van der Waals surface area contributed by atoms with Crippen molar-refractivity contribution in [3.05, 3.63) is 12.7 Å². The van der Waals surface area contributed by atoms with E-state index in [4.69, 9.17) is 4.74 Å². The molecular formula is C28H46N4O8S. The number of amides is 4. The monoisotopic (exact) mass is 598 g/mol. The average molecular weight is 599 g/mol. The summed E-state index contributed by atoms with van der Waals surface area (Å²) in [4.78, 5) is 66.6. The number of hydrogen-bond acceptors (Lipinski definition) is 8. The number of carbonyl (C=O) groups excluding carboxylic acids is 5. The molecule has 1 saturated heterocycles. The lowest BCUT2D eigenvalue weighted by molar-refractivity contribution is -0.143. The molecule has 0 spiro atoms. The van der Waals surface area contributed by atoms with Gasteiger partial charge in [-0.3, -0.25) is 19.2 Å². The first-order valence-corrected chi connectivity index (χ1v) is 16.3. The molecule has 1 aliphatic heterocycles. The number of Topliss-reactive ketones (excluding diaryl/α,β-unsaturated/α-hetero) is 1. The van der Waals surface area contributed by atoms with E-state index in [1.807, 2.05) is 0 Å². The Hall–Kier alpha value is -2.96. The lowest BCUT2D eigenvalue weighted by atomic mass is 9.83. The van der Waals surface area contributed by atoms with E-state index in [-0.39, 0.29) is 31.8 Å². The summed E-state index contributed by atoms with van der Waals surface area (Å²) in [6, 6.07) is -3.38. The van der Waals surface area contributed by atoms with Crippen LogP contribution in [0.25, 0.3) is 0 Å². The van der Waals surface area contributed by atoms with Crippen molar-refractivity contribution in [1.82, 2.24) is 20.9 Å². The Morgan fingerprint density at radius 1 is 1.07 bits per heavy atom. The third kappa shape index (κ3) is 10.1. The Kier molecular flexibility index (Phi) is 12.3. The molecule has 4 atom stereocenters. The summed E-state index contributed by atoms with van der Waals surface area (Å²) in [5.74, 6) is -3.24. The van der Waals surface area contributed by atoms with Gasteiger partial charge in [-0.15, -0.1) is 6.58 Å². The maximum atomic E-state index is 14.0. The molecule has 1 aliphatic carbocycles. The van der Waals surface area contributed by atoms with E-state index in [1.54, 1.807) is 27.7 Å². The van der Waals surface area contributed by atoms with Crippen LogP contribution in [0.3, 0.4) is 0 Å². The highest BCUT2D eigenvalue weighted by Gasteiger charge is 2.47. The first-order valence-electron chi connectivity index (χ1n) is 14.3. The van der Waals surface area contributed by atoms with Crippen LogP contribution in [0.15, 0.2) is 12.7 Å². The number of nitrogens with zero attached hydrogens (tertiary/aromatic N) is 1. The molecule has 1 heterocycles. The minimum absolute atomic E-state index is 0.0749. The van der Waals surface area contributed by atoms with Crippen molar-refractivity contribution >= 4 is 39.4 Å². The summed E-state index contributed by atoms with van der Waals surface area (Å²) >= 11 is 0. The summed E-state index contributed by atoms with van der Waals surface area (Å²) in [5, 5.41) is 6.68. The van der Waals surface area contributed by atoms with Gasteiger partial charge in [0.05, 0.1) is 11.3 Å². The van der Waals surface area contributed by atoms with Gasteiger partial charge in [0.25, 0.3) is 5.91 Å². The Morgan fingerprint density at radius 2 is 1.71 bits per heavy atom. The van der Waals surface area contributed by atoms with Gasteiger partial charge < -0.3 is 25.6 Å². The molecule has 2 rings (SSSR count). The van der Waals surface area contributed by atoms with Crippen LogP contribution in [0.2, 0.25) is 0 Å². The van der Waals surface area contributed by atoms with Crippen LogP contribution in [0.1, 0.15) is 79.1 Å². The molecule has 12 nitrogen and oxygen atoms in total. The van der Waals surface area contributed by atoms with E-state index in [1.165, 1.54) is 11.0 Å². The number of carbonyl (C=O) groups is 5. The van der Waals surface area contributed by atoms with E-state index in [9.17, 15) is 32.4 Å². The molecule has 2 aliphatic rings. The Morgan fingerprint density at radius 3 is 2.24 bits per heavy atom. The van der Waals surface area contributed by atoms with Crippen molar-refractivity contribution in [2.24, 2.45) is 5.92 Å². The normalized spacial score (nSPS) is 21.3. The fourth-order valence-electron chi connectivity index (χ4n) is 5.30. The first-order chi connectivity index (χ1) is 19.1. The average Bonchev–Trinajstić information content (AvgIpc) is 3.35. The highest BCUT2D eigenvalue weighted by Crippen LogP contribution is 2.31. The number of nitrogens with one attached hydrogen (secondary N) is 3. The predicted octanol–water partition coefficient (Wildman–Crippen LogP) is 1.63. The van der Waals surface area contributed by atoms with Gasteiger partial charge in [0.1, 0.15) is 17.7 Å². The van der Waals surface area contributed by atoms with Gasteiger partial charge in [0.2, 0.25) is 17.6 Å². The van der Waals surface area contributed by atoms with Crippen LogP contribution in [-0.2, 0) is 33.8 Å². The van der Waals surface area contributed by atoms with E-state index in [0.717, 1.165) is 25.5 Å². The number of rotatable bonds is 12. The van der Waals surface area contributed by atoms with E-state index >= 15 is 0 Å². The van der Waals surface area contributed by atoms with E-state index < -0.39 is 68.4 Å². The van der Waals surface area contributed by atoms with Gasteiger partial charge in [-0.2, -0.15) is 0 Å². The van der Waals surface area contributed by atoms with Crippen molar-refractivity contribution in [1.29, 1.82) is 0 Å². The minimum atomic E-state index is -3.64. The maximum absolute atomic E-state index is 14.0. The van der Waals surface area contributed by atoms with Crippen LogP contribution >= 0.6 is 0 Å². The topological polar surface area (TPSA) is 168 Å². The van der Waals surface area contributed by atoms with Gasteiger partial charge in [0, 0.05) is 19.3 Å². The summed E-state index contributed by atoms with van der Waals surface area (Å²) in [6.07, 6.45) is 6.27. The van der Waals surface area contributed by atoms with Crippen molar-refractivity contribution < 1.29 is 37.1 Å². The van der Waals surface area contributed by atoms with Crippen molar-refractivity contribution in [3.8, 4) is 0 Å². The molecule has 0 aromatic heterocycles.